The van der Waals surface area contributed by atoms with Gasteiger partial charge in [0.1, 0.15) is 0 Å². The molecular formula is C9H10INO2S. The molecule has 14 heavy (non-hydrogen) atoms. The summed E-state index contributed by atoms with van der Waals surface area (Å²) in [4.78, 5) is 3.92. The molecule has 2 rings (SSSR count). The van der Waals surface area contributed by atoms with Crippen molar-refractivity contribution in [2.24, 2.45) is 0 Å². The summed E-state index contributed by atoms with van der Waals surface area (Å²) in [7, 11) is -3.18. The highest BCUT2D eigenvalue weighted by Crippen LogP contribution is 2.42. The molecule has 1 heterocycles. The smallest absolute Gasteiger partial charge is 0.193 e. The molecule has 1 aliphatic carbocycles. The molecule has 5 heteroatoms. The zero-order chi connectivity index (χ0) is 10.3. The molecule has 0 aliphatic heterocycles. The fourth-order valence-corrected chi connectivity index (χ4v) is 4.06. The quantitative estimate of drug-likeness (QED) is 0.782. The molecule has 0 N–H and O–H groups in total. The Hall–Kier alpha value is -0.170. The average molecular weight is 323 g/mol. The monoisotopic (exact) mass is 323 g/mol. The normalized spacial score (nSPS) is 17.0. The lowest BCUT2D eigenvalue weighted by molar-refractivity contribution is 0.597. The second-order valence-electron chi connectivity index (χ2n) is 3.57. The van der Waals surface area contributed by atoms with E-state index < -0.39 is 9.84 Å². The molecule has 0 unspecified atom stereocenters. The summed E-state index contributed by atoms with van der Waals surface area (Å²) < 4.78 is 23.6. The van der Waals surface area contributed by atoms with Gasteiger partial charge in [-0.15, -0.1) is 0 Å². The predicted octanol–water partition coefficient (Wildman–Crippen LogP) is 1.97. The Labute approximate surface area is 97.0 Å². The van der Waals surface area contributed by atoms with E-state index in [0.29, 0.717) is 5.92 Å². The van der Waals surface area contributed by atoms with Gasteiger partial charge in [0, 0.05) is 12.5 Å². The number of sulfone groups is 1. The molecule has 0 aromatic carbocycles. The van der Waals surface area contributed by atoms with Crippen LogP contribution in [0.4, 0.5) is 0 Å². The molecule has 1 aromatic rings. The van der Waals surface area contributed by atoms with Gasteiger partial charge in [0.25, 0.3) is 0 Å². The fourth-order valence-electron chi connectivity index (χ4n) is 1.41. The van der Waals surface area contributed by atoms with Gasteiger partial charge in [0.15, 0.2) is 14.9 Å². The van der Waals surface area contributed by atoms with Crippen LogP contribution in [0.1, 0.15) is 24.3 Å². The van der Waals surface area contributed by atoms with Crippen LogP contribution in [0.5, 0.6) is 0 Å². The second kappa shape index (κ2) is 3.44. The van der Waals surface area contributed by atoms with Crippen LogP contribution in [0.3, 0.4) is 0 Å². The summed E-state index contributed by atoms with van der Waals surface area (Å²) in [6.45, 7) is 0. The summed E-state index contributed by atoms with van der Waals surface area (Å²) in [5.74, 6) is 0.561. The van der Waals surface area contributed by atoms with E-state index in [4.69, 9.17) is 0 Å². The Morgan fingerprint density at radius 3 is 2.64 bits per heavy atom. The van der Waals surface area contributed by atoms with E-state index in [2.05, 4.69) is 27.6 Å². The Morgan fingerprint density at radius 2 is 2.14 bits per heavy atom. The maximum atomic E-state index is 11.4. The first kappa shape index (κ1) is 10.4. The van der Waals surface area contributed by atoms with Gasteiger partial charge in [0.2, 0.25) is 0 Å². The molecule has 1 fully saturated rings. The molecule has 1 aliphatic rings. The number of hydrogen-bond acceptors (Lipinski definition) is 3. The van der Waals surface area contributed by atoms with Gasteiger partial charge in [-0.3, -0.25) is 0 Å². The minimum absolute atomic E-state index is 0.225. The largest absolute Gasteiger partial charge is 0.244 e. The van der Waals surface area contributed by atoms with Gasteiger partial charge >= 0.3 is 0 Å². The highest BCUT2D eigenvalue weighted by Gasteiger charge is 2.28. The minimum atomic E-state index is -3.18. The van der Waals surface area contributed by atoms with Crippen LogP contribution >= 0.6 is 22.6 Å². The van der Waals surface area contributed by atoms with E-state index in [0.717, 1.165) is 9.13 Å². The molecule has 1 saturated carbocycles. The maximum absolute atomic E-state index is 11.4. The van der Waals surface area contributed by atoms with Crippen LogP contribution in [-0.2, 0) is 9.84 Å². The maximum Gasteiger partial charge on any atom is 0.193 e. The summed E-state index contributed by atoms with van der Waals surface area (Å²) in [5.41, 5.74) is 1.14. The van der Waals surface area contributed by atoms with Crippen LogP contribution in [0.2, 0.25) is 0 Å². The van der Waals surface area contributed by atoms with E-state index in [-0.39, 0.29) is 5.03 Å². The zero-order valence-corrected chi connectivity index (χ0v) is 10.7. The van der Waals surface area contributed by atoms with E-state index in [1.807, 2.05) is 6.07 Å². The van der Waals surface area contributed by atoms with Crippen molar-refractivity contribution in [2.45, 2.75) is 23.8 Å². The molecule has 0 radical (unpaired) electrons. The van der Waals surface area contributed by atoms with Crippen molar-refractivity contribution < 1.29 is 8.42 Å². The number of aromatic nitrogens is 1. The minimum Gasteiger partial charge on any atom is -0.244 e. The lowest BCUT2D eigenvalue weighted by Gasteiger charge is -2.05. The number of pyridine rings is 1. The van der Waals surface area contributed by atoms with Crippen LogP contribution in [-0.4, -0.2) is 19.7 Å². The Bertz CT molecular complexity index is 466. The highest BCUT2D eigenvalue weighted by atomic mass is 127. The first-order chi connectivity index (χ1) is 6.50. The summed E-state index contributed by atoms with van der Waals surface area (Å²) >= 11 is 2.08. The molecular weight excluding hydrogens is 313 g/mol. The molecule has 0 saturated heterocycles. The number of halogens is 1. The van der Waals surface area contributed by atoms with Crippen molar-refractivity contribution in [3.05, 3.63) is 21.4 Å². The van der Waals surface area contributed by atoms with Crippen molar-refractivity contribution in [3.8, 4) is 0 Å². The van der Waals surface area contributed by atoms with Gasteiger partial charge in [-0.1, -0.05) is 0 Å². The van der Waals surface area contributed by atoms with Gasteiger partial charge < -0.3 is 0 Å². The van der Waals surface area contributed by atoms with E-state index >= 15 is 0 Å². The molecule has 1 aromatic heterocycles. The van der Waals surface area contributed by atoms with E-state index in [9.17, 15) is 8.42 Å². The van der Waals surface area contributed by atoms with Gasteiger partial charge in [0.05, 0.1) is 3.57 Å². The van der Waals surface area contributed by atoms with Crippen molar-refractivity contribution in [2.75, 3.05) is 6.26 Å². The van der Waals surface area contributed by atoms with Crippen LogP contribution in [0, 0.1) is 3.57 Å². The van der Waals surface area contributed by atoms with Gasteiger partial charge in [-0.25, -0.2) is 13.4 Å². The van der Waals surface area contributed by atoms with Crippen molar-refractivity contribution in [3.63, 3.8) is 0 Å². The topological polar surface area (TPSA) is 47.0 Å². The highest BCUT2D eigenvalue weighted by molar-refractivity contribution is 14.1. The molecule has 76 valence electrons. The molecule has 3 nitrogen and oxygen atoms in total. The first-order valence-corrected chi connectivity index (χ1v) is 7.31. The van der Waals surface area contributed by atoms with Crippen LogP contribution < -0.4 is 0 Å². The number of hydrogen-bond donors (Lipinski definition) is 0. The molecule has 0 atom stereocenters. The average Bonchev–Trinajstić information content (AvgIpc) is 2.85. The Morgan fingerprint density at radius 1 is 1.50 bits per heavy atom. The fraction of sp³-hybridized carbons (Fsp3) is 0.444. The van der Waals surface area contributed by atoms with Gasteiger partial charge in [-0.2, -0.15) is 0 Å². The standard InChI is InChI=1S/C9H10INO2S/c1-14(12,13)9-8(10)7(4-5-11-9)6-2-3-6/h4-6H,2-3H2,1H3. The van der Waals surface area contributed by atoms with Crippen LogP contribution in [0.15, 0.2) is 17.3 Å². The lowest BCUT2D eigenvalue weighted by atomic mass is 10.2. The van der Waals surface area contributed by atoms with Crippen molar-refractivity contribution in [1.82, 2.24) is 4.98 Å². The Kier molecular flexibility index (Phi) is 2.55. The number of rotatable bonds is 2. The van der Waals surface area contributed by atoms with Gasteiger partial charge in [-0.05, 0) is 53.0 Å². The predicted molar refractivity (Wildman–Crippen MR) is 62.0 cm³/mol. The van der Waals surface area contributed by atoms with E-state index in [1.54, 1.807) is 6.20 Å². The van der Waals surface area contributed by atoms with E-state index in [1.165, 1.54) is 19.1 Å². The molecule has 0 spiro atoms. The zero-order valence-electron chi connectivity index (χ0n) is 7.70. The molecule has 0 bridgehead atoms. The summed E-state index contributed by atoms with van der Waals surface area (Å²) in [6, 6.07) is 1.92. The van der Waals surface area contributed by atoms with Crippen LogP contribution in [0.25, 0.3) is 0 Å². The SMILES string of the molecule is CS(=O)(=O)c1nccc(C2CC2)c1I. The third kappa shape index (κ3) is 1.93. The van der Waals surface area contributed by atoms with Crippen molar-refractivity contribution in [1.29, 1.82) is 0 Å². The third-order valence-electron chi connectivity index (χ3n) is 2.26. The summed E-state index contributed by atoms with van der Waals surface area (Å²) in [6.07, 6.45) is 5.13. The third-order valence-corrected chi connectivity index (χ3v) is 4.77. The first-order valence-electron chi connectivity index (χ1n) is 4.34. The summed E-state index contributed by atoms with van der Waals surface area (Å²) in [5, 5.41) is 0.225. The Balaban J connectivity index is 2.57. The number of nitrogens with zero attached hydrogens (tertiary/aromatic N) is 1. The molecule has 0 amide bonds. The van der Waals surface area contributed by atoms with Crippen molar-refractivity contribution >= 4 is 32.4 Å². The second-order valence-corrected chi connectivity index (χ2v) is 6.58. The lowest BCUT2D eigenvalue weighted by Crippen LogP contribution is -2.05.